The Hall–Kier alpha value is -2.08. The molecule has 1 atom stereocenters. The second-order valence-electron chi connectivity index (χ2n) is 5.33. The molecule has 0 N–H and O–H groups in total. The SMILES string of the molecule is CC[C@H](C)OC(=O)CN1C(=O)S/C(=C/c2ccccc2C)C1=O. The lowest BCUT2D eigenvalue weighted by atomic mass is 10.1. The summed E-state index contributed by atoms with van der Waals surface area (Å²) in [6, 6.07) is 7.58. The number of imide groups is 1. The van der Waals surface area contributed by atoms with Gasteiger partial charge in [0.1, 0.15) is 6.54 Å². The summed E-state index contributed by atoms with van der Waals surface area (Å²) >= 11 is 0.843. The maximum absolute atomic E-state index is 12.3. The summed E-state index contributed by atoms with van der Waals surface area (Å²) < 4.78 is 5.12. The Bertz CT molecular complexity index is 668. The Balaban J connectivity index is 2.11. The molecule has 0 radical (unpaired) electrons. The van der Waals surface area contributed by atoms with Gasteiger partial charge in [-0.1, -0.05) is 31.2 Å². The minimum Gasteiger partial charge on any atom is -0.461 e. The van der Waals surface area contributed by atoms with E-state index in [2.05, 4.69) is 0 Å². The lowest BCUT2D eigenvalue weighted by Gasteiger charge is -2.14. The summed E-state index contributed by atoms with van der Waals surface area (Å²) in [5.41, 5.74) is 1.88. The molecule has 0 bridgehead atoms. The fourth-order valence-electron chi connectivity index (χ4n) is 2.00. The average Bonchev–Trinajstić information content (AvgIpc) is 2.77. The van der Waals surface area contributed by atoms with Gasteiger partial charge in [0.05, 0.1) is 11.0 Å². The van der Waals surface area contributed by atoms with Crippen molar-refractivity contribution >= 4 is 35.0 Å². The van der Waals surface area contributed by atoms with Gasteiger partial charge in [0.25, 0.3) is 11.1 Å². The predicted octanol–water partition coefficient (Wildman–Crippen LogP) is 3.37. The van der Waals surface area contributed by atoms with Crippen LogP contribution < -0.4 is 0 Å². The number of carbonyl (C=O) groups excluding carboxylic acids is 3. The van der Waals surface area contributed by atoms with Gasteiger partial charge < -0.3 is 4.74 Å². The molecule has 0 saturated carbocycles. The molecule has 5 nitrogen and oxygen atoms in total. The van der Waals surface area contributed by atoms with Gasteiger partial charge in [-0.05, 0) is 49.2 Å². The van der Waals surface area contributed by atoms with Gasteiger partial charge in [-0.2, -0.15) is 0 Å². The molecule has 1 saturated heterocycles. The number of hydrogen-bond acceptors (Lipinski definition) is 5. The van der Waals surface area contributed by atoms with E-state index in [1.807, 2.05) is 38.1 Å². The first-order valence-electron chi connectivity index (χ1n) is 7.42. The maximum Gasteiger partial charge on any atom is 0.326 e. The van der Waals surface area contributed by atoms with Crippen LogP contribution in [0.4, 0.5) is 4.79 Å². The van der Waals surface area contributed by atoms with Crippen molar-refractivity contribution in [3.63, 3.8) is 0 Å². The number of amides is 2. The van der Waals surface area contributed by atoms with Crippen LogP contribution in [0.25, 0.3) is 6.08 Å². The summed E-state index contributed by atoms with van der Waals surface area (Å²) in [4.78, 5) is 37.3. The van der Waals surface area contributed by atoms with E-state index in [1.54, 1.807) is 13.0 Å². The van der Waals surface area contributed by atoms with Crippen molar-refractivity contribution in [1.82, 2.24) is 4.90 Å². The van der Waals surface area contributed by atoms with Crippen LogP contribution in [0, 0.1) is 6.92 Å². The number of hydrogen-bond donors (Lipinski definition) is 0. The fraction of sp³-hybridized carbons (Fsp3) is 0.353. The Morgan fingerprint density at radius 1 is 1.35 bits per heavy atom. The molecule has 1 aliphatic heterocycles. The van der Waals surface area contributed by atoms with Crippen molar-refractivity contribution in [2.45, 2.75) is 33.3 Å². The maximum atomic E-state index is 12.3. The van der Waals surface area contributed by atoms with Gasteiger partial charge >= 0.3 is 5.97 Å². The summed E-state index contributed by atoms with van der Waals surface area (Å²) in [5, 5.41) is -0.448. The van der Waals surface area contributed by atoms with E-state index in [4.69, 9.17) is 4.74 Å². The number of thioether (sulfide) groups is 1. The Morgan fingerprint density at radius 2 is 2.04 bits per heavy atom. The molecule has 1 aliphatic rings. The number of nitrogens with zero attached hydrogens (tertiary/aromatic N) is 1. The molecule has 23 heavy (non-hydrogen) atoms. The second kappa shape index (κ2) is 7.46. The molecule has 2 rings (SSSR count). The van der Waals surface area contributed by atoms with Gasteiger partial charge in [-0.15, -0.1) is 0 Å². The normalized spacial score (nSPS) is 17.7. The molecule has 1 aromatic carbocycles. The van der Waals surface area contributed by atoms with Gasteiger partial charge in [0.2, 0.25) is 0 Å². The molecule has 0 unspecified atom stereocenters. The van der Waals surface area contributed by atoms with Crippen LogP contribution in [0.15, 0.2) is 29.2 Å². The molecule has 122 valence electrons. The standard InChI is InChI=1S/C17H19NO4S/c1-4-12(3)22-15(19)10-18-16(20)14(23-17(18)21)9-13-8-6-5-7-11(13)2/h5-9,12H,4,10H2,1-3H3/b14-9+/t12-/m0/s1. The van der Waals surface area contributed by atoms with Crippen LogP contribution in [-0.2, 0) is 14.3 Å². The number of ether oxygens (including phenoxy) is 1. The first kappa shape index (κ1) is 17.3. The van der Waals surface area contributed by atoms with Gasteiger partial charge in [-0.25, -0.2) is 0 Å². The lowest BCUT2D eigenvalue weighted by molar-refractivity contribution is -0.150. The van der Waals surface area contributed by atoms with Crippen LogP contribution in [0.2, 0.25) is 0 Å². The lowest BCUT2D eigenvalue weighted by Crippen LogP contribution is -2.35. The number of carbonyl (C=O) groups is 3. The fourth-order valence-corrected chi connectivity index (χ4v) is 2.83. The zero-order valence-electron chi connectivity index (χ0n) is 13.4. The van der Waals surface area contributed by atoms with E-state index >= 15 is 0 Å². The summed E-state index contributed by atoms with van der Waals surface area (Å²) in [5.74, 6) is -1.02. The zero-order valence-corrected chi connectivity index (χ0v) is 14.2. The molecule has 0 spiro atoms. The van der Waals surface area contributed by atoms with Gasteiger partial charge in [-0.3, -0.25) is 19.3 Å². The van der Waals surface area contributed by atoms with Crippen molar-refractivity contribution in [3.05, 3.63) is 40.3 Å². The highest BCUT2D eigenvalue weighted by molar-refractivity contribution is 8.18. The highest BCUT2D eigenvalue weighted by atomic mass is 32.2. The molecule has 1 fully saturated rings. The molecule has 0 aliphatic carbocycles. The van der Waals surface area contributed by atoms with Crippen LogP contribution in [0.3, 0.4) is 0 Å². The van der Waals surface area contributed by atoms with Crippen molar-refractivity contribution in [3.8, 4) is 0 Å². The smallest absolute Gasteiger partial charge is 0.326 e. The third-order valence-electron chi connectivity index (χ3n) is 3.54. The van der Waals surface area contributed by atoms with E-state index in [0.29, 0.717) is 11.3 Å². The molecular formula is C17H19NO4S. The molecule has 2 amide bonds. The van der Waals surface area contributed by atoms with E-state index in [9.17, 15) is 14.4 Å². The van der Waals surface area contributed by atoms with Crippen molar-refractivity contribution in [1.29, 1.82) is 0 Å². The topological polar surface area (TPSA) is 63.7 Å². The molecule has 1 heterocycles. The van der Waals surface area contributed by atoms with Crippen LogP contribution in [0.1, 0.15) is 31.4 Å². The summed E-state index contributed by atoms with van der Waals surface area (Å²) in [7, 11) is 0. The third kappa shape index (κ3) is 4.22. The van der Waals surface area contributed by atoms with Crippen molar-refractivity contribution in [2.75, 3.05) is 6.54 Å². The predicted molar refractivity (Wildman–Crippen MR) is 89.7 cm³/mol. The molecule has 1 aromatic rings. The summed E-state index contributed by atoms with van der Waals surface area (Å²) in [6.45, 7) is 5.24. The number of benzene rings is 1. The Labute approximate surface area is 139 Å². The molecular weight excluding hydrogens is 314 g/mol. The summed E-state index contributed by atoms with van der Waals surface area (Å²) in [6.07, 6.45) is 2.13. The average molecular weight is 333 g/mol. The first-order chi connectivity index (χ1) is 10.9. The highest BCUT2D eigenvalue weighted by Crippen LogP contribution is 2.32. The third-order valence-corrected chi connectivity index (χ3v) is 4.45. The number of rotatable bonds is 5. The Kier molecular flexibility index (Phi) is 5.60. The number of esters is 1. The minimum absolute atomic E-state index is 0.232. The molecule has 0 aromatic heterocycles. The first-order valence-corrected chi connectivity index (χ1v) is 8.24. The van der Waals surface area contributed by atoms with Gasteiger partial charge in [0.15, 0.2) is 0 Å². The van der Waals surface area contributed by atoms with E-state index in [-0.39, 0.29) is 12.6 Å². The Morgan fingerprint density at radius 3 is 2.70 bits per heavy atom. The van der Waals surface area contributed by atoms with E-state index < -0.39 is 17.1 Å². The quantitative estimate of drug-likeness (QED) is 0.610. The number of aryl methyl sites for hydroxylation is 1. The molecule has 6 heteroatoms. The van der Waals surface area contributed by atoms with Crippen LogP contribution in [-0.4, -0.2) is 34.7 Å². The highest BCUT2D eigenvalue weighted by Gasteiger charge is 2.36. The second-order valence-corrected chi connectivity index (χ2v) is 6.33. The van der Waals surface area contributed by atoms with Crippen molar-refractivity contribution in [2.24, 2.45) is 0 Å². The largest absolute Gasteiger partial charge is 0.461 e. The zero-order chi connectivity index (χ0) is 17.0. The van der Waals surface area contributed by atoms with Crippen LogP contribution in [0.5, 0.6) is 0 Å². The minimum atomic E-state index is -0.571. The van der Waals surface area contributed by atoms with Gasteiger partial charge in [0, 0.05) is 0 Å². The van der Waals surface area contributed by atoms with Crippen molar-refractivity contribution < 1.29 is 19.1 Å². The van der Waals surface area contributed by atoms with E-state index in [0.717, 1.165) is 27.8 Å². The van der Waals surface area contributed by atoms with E-state index in [1.165, 1.54) is 0 Å². The monoisotopic (exact) mass is 333 g/mol. The van der Waals surface area contributed by atoms with Crippen LogP contribution >= 0.6 is 11.8 Å².